The highest BCUT2D eigenvalue weighted by Crippen LogP contribution is 2.35. The summed E-state index contributed by atoms with van der Waals surface area (Å²) in [5, 5.41) is 3.12. The van der Waals surface area contributed by atoms with E-state index in [-0.39, 0.29) is 18.0 Å². The van der Waals surface area contributed by atoms with E-state index in [1.165, 1.54) is 11.1 Å². The second-order valence-corrected chi connectivity index (χ2v) is 7.57. The van der Waals surface area contributed by atoms with Crippen molar-refractivity contribution >= 4 is 17.7 Å². The van der Waals surface area contributed by atoms with E-state index in [0.717, 1.165) is 17.1 Å². The number of carbonyl (C=O) groups is 1. The van der Waals surface area contributed by atoms with Crippen LogP contribution in [0.5, 0.6) is 11.5 Å². The fourth-order valence-corrected chi connectivity index (χ4v) is 4.22. The summed E-state index contributed by atoms with van der Waals surface area (Å²) in [5.41, 5.74) is 3.38. The second-order valence-electron chi connectivity index (χ2n) is 6.48. The molecule has 0 radical (unpaired) electrons. The van der Waals surface area contributed by atoms with Crippen LogP contribution < -0.4 is 14.8 Å². The minimum Gasteiger partial charge on any atom is -0.454 e. The van der Waals surface area contributed by atoms with E-state index in [4.69, 9.17) is 9.47 Å². The lowest BCUT2D eigenvalue weighted by Gasteiger charge is -2.17. The van der Waals surface area contributed by atoms with Gasteiger partial charge in [-0.2, -0.15) is 0 Å². The van der Waals surface area contributed by atoms with Crippen molar-refractivity contribution < 1.29 is 14.3 Å². The number of amides is 1. The summed E-state index contributed by atoms with van der Waals surface area (Å²) in [7, 11) is 0. The van der Waals surface area contributed by atoms with E-state index < -0.39 is 0 Å². The molecule has 28 heavy (non-hydrogen) atoms. The predicted octanol–water partition coefficient (Wildman–Crippen LogP) is 4.55. The third-order valence-electron chi connectivity index (χ3n) is 4.51. The zero-order valence-electron chi connectivity index (χ0n) is 15.3. The highest BCUT2D eigenvalue weighted by molar-refractivity contribution is 8.00. The van der Waals surface area contributed by atoms with Crippen LogP contribution in [0.1, 0.15) is 21.9 Å². The van der Waals surface area contributed by atoms with Crippen LogP contribution in [-0.2, 0) is 11.3 Å². The number of benzene rings is 3. The lowest BCUT2D eigenvalue weighted by molar-refractivity contribution is -0.118. The van der Waals surface area contributed by atoms with Gasteiger partial charge in [0.1, 0.15) is 0 Å². The van der Waals surface area contributed by atoms with Gasteiger partial charge in [-0.25, -0.2) is 0 Å². The number of ether oxygens (including phenoxy) is 2. The average molecular weight is 391 g/mol. The highest BCUT2D eigenvalue weighted by atomic mass is 32.2. The Bertz CT molecular complexity index is 892. The molecule has 0 saturated heterocycles. The van der Waals surface area contributed by atoms with Gasteiger partial charge in [0.25, 0.3) is 0 Å². The normalized spacial score (nSPS) is 12.2. The quantitative estimate of drug-likeness (QED) is 0.642. The van der Waals surface area contributed by atoms with E-state index in [1.807, 2.05) is 54.6 Å². The van der Waals surface area contributed by atoms with Crippen molar-refractivity contribution in [2.75, 3.05) is 12.5 Å². The standard InChI is InChI=1S/C23H21NO3S/c25-22(24-14-17-11-12-20-21(13-17)27-16-26-20)15-28-23(18-7-3-1-4-8-18)19-9-5-2-6-10-19/h1-13,23H,14-16H2,(H,24,25). The summed E-state index contributed by atoms with van der Waals surface area (Å²) in [5.74, 6) is 1.88. The Balaban J connectivity index is 1.36. The largest absolute Gasteiger partial charge is 0.454 e. The molecular weight excluding hydrogens is 370 g/mol. The Kier molecular flexibility index (Phi) is 5.83. The molecule has 1 amide bonds. The molecule has 0 bridgehead atoms. The summed E-state index contributed by atoms with van der Waals surface area (Å²) in [6, 6.07) is 26.3. The van der Waals surface area contributed by atoms with Crippen molar-refractivity contribution in [2.24, 2.45) is 0 Å². The van der Waals surface area contributed by atoms with Gasteiger partial charge in [-0.05, 0) is 28.8 Å². The van der Waals surface area contributed by atoms with Crippen molar-refractivity contribution in [3.63, 3.8) is 0 Å². The highest BCUT2D eigenvalue weighted by Gasteiger charge is 2.17. The van der Waals surface area contributed by atoms with Crippen LogP contribution in [0.25, 0.3) is 0 Å². The molecule has 1 N–H and O–H groups in total. The molecule has 4 rings (SSSR count). The van der Waals surface area contributed by atoms with E-state index in [2.05, 4.69) is 29.6 Å². The molecule has 1 heterocycles. The summed E-state index contributed by atoms with van der Waals surface area (Å²) in [6.45, 7) is 0.722. The maximum absolute atomic E-state index is 12.4. The van der Waals surface area contributed by atoms with Gasteiger partial charge in [0.15, 0.2) is 11.5 Å². The third-order valence-corrected chi connectivity index (χ3v) is 5.82. The molecular formula is C23H21NO3S. The van der Waals surface area contributed by atoms with Gasteiger partial charge in [-0.15, -0.1) is 11.8 Å². The van der Waals surface area contributed by atoms with E-state index in [0.29, 0.717) is 12.3 Å². The Morgan fingerprint density at radius 2 is 1.54 bits per heavy atom. The molecule has 4 nitrogen and oxygen atoms in total. The topological polar surface area (TPSA) is 47.6 Å². The third kappa shape index (κ3) is 4.49. The van der Waals surface area contributed by atoms with Crippen LogP contribution in [0.3, 0.4) is 0 Å². The molecule has 0 atom stereocenters. The number of hydrogen-bond donors (Lipinski definition) is 1. The Morgan fingerprint density at radius 1 is 0.893 bits per heavy atom. The summed E-state index contributed by atoms with van der Waals surface area (Å²) in [4.78, 5) is 12.4. The maximum atomic E-state index is 12.4. The molecule has 3 aromatic rings. The fourth-order valence-electron chi connectivity index (χ4n) is 3.10. The van der Waals surface area contributed by atoms with Crippen molar-refractivity contribution in [1.82, 2.24) is 5.32 Å². The molecule has 142 valence electrons. The molecule has 0 saturated carbocycles. The molecule has 1 aliphatic heterocycles. The first-order valence-corrected chi connectivity index (χ1v) is 10.2. The van der Waals surface area contributed by atoms with Gasteiger partial charge in [-0.3, -0.25) is 4.79 Å². The molecule has 5 heteroatoms. The number of carbonyl (C=O) groups excluding carboxylic acids is 1. The molecule has 0 aromatic heterocycles. The Hall–Kier alpha value is -2.92. The Morgan fingerprint density at radius 3 is 2.21 bits per heavy atom. The summed E-state index contributed by atoms with van der Waals surface area (Å²) < 4.78 is 10.7. The first-order chi connectivity index (χ1) is 13.8. The van der Waals surface area contributed by atoms with E-state index in [9.17, 15) is 4.79 Å². The van der Waals surface area contributed by atoms with Gasteiger partial charge in [0.2, 0.25) is 12.7 Å². The zero-order chi connectivity index (χ0) is 19.2. The maximum Gasteiger partial charge on any atom is 0.231 e. The smallest absolute Gasteiger partial charge is 0.231 e. The minimum atomic E-state index is 0.0135. The van der Waals surface area contributed by atoms with Crippen LogP contribution in [0.4, 0.5) is 0 Å². The molecule has 0 aliphatic carbocycles. The van der Waals surface area contributed by atoms with E-state index >= 15 is 0 Å². The van der Waals surface area contributed by atoms with Crippen LogP contribution in [0.15, 0.2) is 78.9 Å². The number of rotatable bonds is 7. The van der Waals surface area contributed by atoms with Gasteiger partial charge in [0.05, 0.1) is 11.0 Å². The number of hydrogen-bond acceptors (Lipinski definition) is 4. The van der Waals surface area contributed by atoms with Gasteiger partial charge < -0.3 is 14.8 Å². The predicted molar refractivity (Wildman–Crippen MR) is 112 cm³/mol. The fraction of sp³-hybridized carbons (Fsp3) is 0.174. The first kappa shape index (κ1) is 18.4. The summed E-state index contributed by atoms with van der Waals surface area (Å²) >= 11 is 1.63. The van der Waals surface area contributed by atoms with Crippen LogP contribution in [0, 0.1) is 0 Å². The zero-order valence-corrected chi connectivity index (χ0v) is 16.2. The molecule has 0 fully saturated rings. The lowest BCUT2D eigenvalue weighted by atomic mass is 10.0. The van der Waals surface area contributed by atoms with Crippen LogP contribution >= 0.6 is 11.8 Å². The Labute approximate surface area is 168 Å². The molecule has 0 unspecified atom stereocenters. The van der Waals surface area contributed by atoms with Crippen molar-refractivity contribution in [1.29, 1.82) is 0 Å². The first-order valence-electron chi connectivity index (χ1n) is 9.16. The summed E-state index contributed by atoms with van der Waals surface area (Å²) in [6.07, 6.45) is 0. The van der Waals surface area contributed by atoms with Gasteiger partial charge in [-0.1, -0.05) is 66.7 Å². The number of nitrogens with one attached hydrogen (secondary N) is 1. The van der Waals surface area contributed by atoms with Crippen LogP contribution in [0.2, 0.25) is 0 Å². The number of fused-ring (bicyclic) bond motifs is 1. The SMILES string of the molecule is O=C(CSC(c1ccccc1)c1ccccc1)NCc1ccc2c(c1)OCO2. The monoisotopic (exact) mass is 391 g/mol. The number of thioether (sulfide) groups is 1. The van der Waals surface area contributed by atoms with Crippen molar-refractivity contribution in [3.8, 4) is 11.5 Å². The second kappa shape index (κ2) is 8.85. The molecule has 0 spiro atoms. The average Bonchev–Trinajstić information content (AvgIpc) is 3.22. The lowest BCUT2D eigenvalue weighted by Crippen LogP contribution is -2.25. The van der Waals surface area contributed by atoms with E-state index in [1.54, 1.807) is 11.8 Å². The van der Waals surface area contributed by atoms with Crippen LogP contribution in [-0.4, -0.2) is 18.5 Å². The molecule has 3 aromatic carbocycles. The van der Waals surface area contributed by atoms with Gasteiger partial charge >= 0.3 is 0 Å². The van der Waals surface area contributed by atoms with Crippen molar-refractivity contribution in [2.45, 2.75) is 11.8 Å². The molecule has 1 aliphatic rings. The van der Waals surface area contributed by atoms with Gasteiger partial charge in [0, 0.05) is 6.54 Å². The van der Waals surface area contributed by atoms with Crippen molar-refractivity contribution in [3.05, 3.63) is 95.6 Å². The minimum absolute atomic E-state index is 0.0135.